The minimum absolute atomic E-state index is 0.0857. The van der Waals surface area contributed by atoms with Gasteiger partial charge in [0, 0.05) is 17.8 Å². The Morgan fingerprint density at radius 3 is 2.53 bits per heavy atom. The lowest BCUT2D eigenvalue weighted by Gasteiger charge is -2.17. The monoisotopic (exact) mass is 308 g/mol. The van der Waals surface area contributed by atoms with Gasteiger partial charge in [0.1, 0.15) is 10.6 Å². The minimum Gasteiger partial charge on any atom is -0.461 e. The lowest BCUT2D eigenvalue weighted by molar-refractivity contribution is -0.173. The Morgan fingerprint density at radius 1 is 1.37 bits per heavy atom. The second kappa shape index (κ2) is 6.74. The summed E-state index contributed by atoms with van der Waals surface area (Å²) in [7, 11) is 2.52. The minimum atomic E-state index is -3.99. The molecule has 1 aromatic rings. The number of para-hydroxylation sites is 1. The molecule has 0 N–H and O–H groups in total. The number of hydrogen-bond donors (Lipinski definition) is 0. The zero-order chi connectivity index (χ0) is 14.5. The molecule has 0 heterocycles. The molecule has 0 bridgehead atoms. The normalized spacial score (nSPS) is 12.8. The van der Waals surface area contributed by atoms with Crippen molar-refractivity contribution in [2.24, 2.45) is 0 Å². The van der Waals surface area contributed by atoms with E-state index < -0.39 is 21.3 Å². The van der Waals surface area contributed by atoms with E-state index >= 15 is 0 Å². The Hall–Kier alpha value is -1.31. The van der Waals surface area contributed by atoms with Gasteiger partial charge in [-0.3, -0.25) is 0 Å². The van der Waals surface area contributed by atoms with E-state index in [1.165, 1.54) is 25.3 Å². The van der Waals surface area contributed by atoms with Crippen LogP contribution in [0.4, 0.5) is 0 Å². The van der Waals surface area contributed by atoms with Gasteiger partial charge < -0.3 is 14.2 Å². The summed E-state index contributed by atoms with van der Waals surface area (Å²) in [5.41, 5.74) is 0. The van der Waals surface area contributed by atoms with Gasteiger partial charge in [-0.1, -0.05) is 12.1 Å². The van der Waals surface area contributed by atoms with Gasteiger partial charge in [-0.2, -0.15) is 0 Å². The van der Waals surface area contributed by atoms with E-state index in [0.29, 0.717) is 0 Å². The summed E-state index contributed by atoms with van der Waals surface area (Å²) in [5.74, 6) is -0.843. The van der Waals surface area contributed by atoms with Crippen molar-refractivity contribution in [1.29, 1.82) is 0 Å². The molecule has 0 fully saturated rings. The molecule has 106 valence electrons. The summed E-state index contributed by atoms with van der Waals surface area (Å²) in [6, 6.07) is 5.64. The van der Waals surface area contributed by atoms with Crippen LogP contribution < -0.4 is 4.74 Å². The standard InChI is InChI=1S/C11H13ClO6S/c1-3-17-10(13)11(16-2)18-8-6-4-5-7-9(8)19(12,14)15/h4-7,11H,3H2,1-2H3. The van der Waals surface area contributed by atoms with Gasteiger partial charge in [0.05, 0.1) is 6.61 Å². The Labute approximate surface area is 115 Å². The topological polar surface area (TPSA) is 78.9 Å². The highest BCUT2D eigenvalue weighted by molar-refractivity contribution is 8.13. The molecule has 6 nitrogen and oxygen atoms in total. The van der Waals surface area contributed by atoms with Gasteiger partial charge in [-0.15, -0.1) is 0 Å². The summed E-state index contributed by atoms with van der Waals surface area (Å²) in [4.78, 5) is 11.2. The first-order valence-electron chi connectivity index (χ1n) is 5.30. The Bertz CT molecular complexity index is 542. The third-order valence-corrected chi connectivity index (χ3v) is 3.40. The van der Waals surface area contributed by atoms with Crippen molar-refractivity contribution in [3.63, 3.8) is 0 Å². The van der Waals surface area contributed by atoms with Crippen molar-refractivity contribution in [2.75, 3.05) is 13.7 Å². The van der Waals surface area contributed by atoms with Gasteiger partial charge in [-0.05, 0) is 19.1 Å². The van der Waals surface area contributed by atoms with Crippen LogP contribution in [0.25, 0.3) is 0 Å². The van der Waals surface area contributed by atoms with Crippen LogP contribution in [0.3, 0.4) is 0 Å². The fourth-order valence-electron chi connectivity index (χ4n) is 1.27. The molecule has 0 radical (unpaired) electrons. The molecular weight excluding hydrogens is 296 g/mol. The molecular formula is C11H13ClO6S. The zero-order valence-electron chi connectivity index (χ0n) is 10.3. The largest absolute Gasteiger partial charge is 0.461 e. The van der Waals surface area contributed by atoms with E-state index in [1.54, 1.807) is 13.0 Å². The first kappa shape index (κ1) is 15.7. The van der Waals surface area contributed by atoms with Gasteiger partial charge >= 0.3 is 5.97 Å². The second-order valence-electron chi connectivity index (χ2n) is 3.32. The molecule has 0 aliphatic carbocycles. The summed E-state index contributed by atoms with van der Waals surface area (Å²) in [5, 5.41) is 0. The molecule has 0 amide bonds. The van der Waals surface area contributed by atoms with Crippen molar-refractivity contribution in [3.05, 3.63) is 24.3 Å². The number of halogens is 1. The first-order chi connectivity index (χ1) is 8.90. The van der Waals surface area contributed by atoms with Crippen molar-refractivity contribution in [2.45, 2.75) is 18.1 Å². The summed E-state index contributed by atoms with van der Waals surface area (Å²) in [6.45, 7) is 1.78. The van der Waals surface area contributed by atoms with Gasteiger partial charge in [0.25, 0.3) is 15.3 Å². The molecule has 1 unspecified atom stereocenters. The lowest BCUT2D eigenvalue weighted by Crippen LogP contribution is -2.31. The Morgan fingerprint density at radius 2 is 2.00 bits per heavy atom. The number of carbonyl (C=O) groups is 1. The van der Waals surface area contributed by atoms with E-state index in [4.69, 9.17) is 24.9 Å². The van der Waals surface area contributed by atoms with Crippen LogP contribution in [0, 0.1) is 0 Å². The third-order valence-electron chi connectivity index (χ3n) is 2.04. The third kappa shape index (κ3) is 4.38. The molecule has 0 spiro atoms. The van der Waals surface area contributed by atoms with E-state index in [1.807, 2.05) is 0 Å². The smallest absolute Gasteiger partial charge is 0.376 e. The van der Waals surface area contributed by atoms with Crippen LogP contribution >= 0.6 is 10.7 Å². The van der Waals surface area contributed by atoms with Gasteiger partial charge in [-0.25, -0.2) is 13.2 Å². The van der Waals surface area contributed by atoms with Crippen molar-refractivity contribution < 1.29 is 27.4 Å². The molecule has 1 aromatic carbocycles. The van der Waals surface area contributed by atoms with E-state index in [0.717, 1.165) is 0 Å². The maximum absolute atomic E-state index is 11.5. The maximum Gasteiger partial charge on any atom is 0.376 e. The summed E-state index contributed by atoms with van der Waals surface area (Å²) >= 11 is 0. The number of carbonyl (C=O) groups excluding carboxylic acids is 1. The average Bonchev–Trinajstić information content (AvgIpc) is 2.35. The second-order valence-corrected chi connectivity index (χ2v) is 5.86. The number of hydrogen-bond acceptors (Lipinski definition) is 6. The molecule has 19 heavy (non-hydrogen) atoms. The van der Waals surface area contributed by atoms with Crippen LogP contribution in [-0.4, -0.2) is 34.4 Å². The first-order valence-corrected chi connectivity index (χ1v) is 7.60. The predicted octanol–water partition coefficient (Wildman–Crippen LogP) is 1.53. The van der Waals surface area contributed by atoms with Crippen LogP contribution in [0.15, 0.2) is 29.2 Å². The molecule has 1 rings (SSSR count). The SMILES string of the molecule is CCOC(=O)C(OC)Oc1ccccc1S(=O)(=O)Cl. The maximum atomic E-state index is 11.5. The molecule has 0 saturated carbocycles. The van der Waals surface area contributed by atoms with Crippen LogP contribution in [0.5, 0.6) is 5.75 Å². The molecule has 0 aliphatic heterocycles. The quantitative estimate of drug-likeness (QED) is 0.450. The van der Waals surface area contributed by atoms with Crippen LogP contribution in [0.2, 0.25) is 0 Å². The summed E-state index contributed by atoms with van der Waals surface area (Å²) < 4.78 is 37.4. The van der Waals surface area contributed by atoms with E-state index in [9.17, 15) is 13.2 Å². The van der Waals surface area contributed by atoms with Crippen molar-refractivity contribution in [3.8, 4) is 5.75 Å². The van der Waals surface area contributed by atoms with Gasteiger partial charge in [0.15, 0.2) is 0 Å². The number of benzene rings is 1. The fourth-order valence-corrected chi connectivity index (χ4v) is 2.25. The van der Waals surface area contributed by atoms with Crippen molar-refractivity contribution >= 4 is 25.7 Å². The average molecular weight is 309 g/mol. The van der Waals surface area contributed by atoms with Crippen LogP contribution in [0.1, 0.15) is 6.92 Å². The van der Waals surface area contributed by atoms with Crippen LogP contribution in [-0.2, 0) is 23.3 Å². The Balaban J connectivity index is 3.01. The number of ether oxygens (including phenoxy) is 3. The zero-order valence-corrected chi connectivity index (χ0v) is 11.9. The molecule has 0 aromatic heterocycles. The number of methoxy groups -OCH3 is 1. The molecule has 0 saturated heterocycles. The fraction of sp³-hybridized carbons (Fsp3) is 0.364. The molecule has 0 aliphatic rings. The number of rotatable bonds is 6. The highest BCUT2D eigenvalue weighted by Gasteiger charge is 2.25. The lowest BCUT2D eigenvalue weighted by atomic mass is 10.3. The summed E-state index contributed by atoms with van der Waals surface area (Å²) in [6.07, 6.45) is -1.36. The number of esters is 1. The molecule has 8 heteroatoms. The van der Waals surface area contributed by atoms with E-state index in [-0.39, 0.29) is 17.3 Å². The predicted molar refractivity (Wildman–Crippen MR) is 67.5 cm³/mol. The highest BCUT2D eigenvalue weighted by atomic mass is 35.7. The van der Waals surface area contributed by atoms with Gasteiger partial charge in [0.2, 0.25) is 0 Å². The van der Waals surface area contributed by atoms with Crippen molar-refractivity contribution in [1.82, 2.24) is 0 Å². The molecule has 1 atom stereocenters. The highest BCUT2D eigenvalue weighted by Crippen LogP contribution is 2.27. The Kier molecular flexibility index (Phi) is 5.59. The van der Waals surface area contributed by atoms with E-state index in [2.05, 4.69) is 0 Å².